The number of nitrogens with zero attached hydrogens (tertiary/aromatic N) is 3. The lowest BCUT2D eigenvalue weighted by atomic mass is 10.3. The average Bonchev–Trinajstić information content (AvgIpc) is 2.72. The fourth-order valence-corrected chi connectivity index (χ4v) is 3.02. The van der Waals surface area contributed by atoms with Crippen LogP contribution >= 0.6 is 25.3 Å². The summed E-state index contributed by atoms with van der Waals surface area (Å²) in [5.41, 5.74) is 0. The molecule has 0 aromatic heterocycles. The van der Waals surface area contributed by atoms with Gasteiger partial charge in [0.05, 0.1) is 39.3 Å². The summed E-state index contributed by atoms with van der Waals surface area (Å²) in [5.74, 6) is -5.65. The number of rotatable bonds is 20. The maximum absolute atomic E-state index is 11.0. The number of aliphatic carboxylic acids is 5. The molecule has 0 aromatic carbocycles. The number of hydrogen-bond acceptors (Lipinski definition) is 13. The Morgan fingerprint density at radius 1 is 0.639 bits per heavy atom. The largest absolute Gasteiger partial charge is 0.480 e. The Balaban J connectivity index is 0. The van der Waals surface area contributed by atoms with Gasteiger partial charge in [0.1, 0.15) is 0 Å². The minimum Gasteiger partial charge on any atom is -0.480 e. The van der Waals surface area contributed by atoms with Crippen LogP contribution in [0.2, 0.25) is 0 Å². The van der Waals surface area contributed by atoms with Gasteiger partial charge in [-0.1, -0.05) is 0 Å². The zero-order valence-electron chi connectivity index (χ0n) is 19.0. The number of thiol groups is 3. The molecule has 0 bridgehead atoms. The molecular weight excluding hydrogens is 550 g/mol. The van der Waals surface area contributed by atoms with Crippen molar-refractivity contribution in [3.05, 3.63) is 0 Å². The van der Waals surface area contributed by atoms with Crippen LogP contribution in [-0.4, -0.2) is 155 Å². The van der Waals surface area contributed by atoms with E-state index in [0.717, 1.165) is 9.80 Å². The number of carboxylic acids is 5. The van der Waals surface area contributed by atoms with E-state index in [9.17, 15) is 32.4 Å². The Morgan fingerprint density at radius 2 is 0.917 bits per heavy atom. The molecule has 5 N–H and O–H groups in total. The molecule has 0 aliphatic carbocycles. The van der Waals surface area contributed by atoms with Gasteiger partial charge in [-0.3, -0.25) is 42.9 Å². The van der Waals surface area contributed by atoms with Gasteiger partial charge >= 0.3 is 29.8 Å². The molecular formula is C17H31N3O13S3. The molecule has 0 amide bonds. The van der Waals surface area contributed by atoms with Crippen LogP contribution < -0.4 is 0 Å². The van der Waals surface area contributed by atoms with Gasteiger partial charge in [0.15, 0.2) is 0 Å². The molecule has 0 rings (SSSR count). The van der Waals surface area contributed by atoms with Crippen LogP contribution in [0.25, 0.3) is 0 Å². The lowest BCUT2D eigenvalue weighted by Gasteiger charge is -2.27. The molecule has 19 heteroatoms. The highest BCUT2D eigenvalue weighted by Crippen LogP contribution is 1.98. The molecule has 0 aliphatic rings. The lowest BCUT2D eigenvalue weighted by Crippen LogP contribution is -2.45. The predicted octanol–water partition coefficient (Wildman–Crippen LogP) is -2.93. The second kappa shape index (κ2) is 21.0. The first-order chi connectivity index (χ1) is 16.7. The van der Waals surface area contributed by atoms with Crippen LogP contribution in [0.15, 0.2) is 0 Å². The Labute approximate surface area is 219 Å². The van der Waals surface area contributed by atoms with Crippen molar-refractivity contribution in [1.82, 2.24) is 14.7 Å². The number of carboxylic acid groups (broad SMARTS) is 5. The van der Waals surface area contributed by atoms with Gasteiger partial charge < -0.3 is 25.5 Å². The highest BCUT2D eigenvalue weighted by atomic mass is 32.2. The molecule has 16 nitrogen and oxygen atoms in total. The summed E-state index contributed by atoms with van der Waals surface area (Å²) in [5, 5.41) is 44.0. The second-order valence-electron chi connectivity index (χ2n) is 7.02. The third-order valence-electron chi connectivity index (χ3n) is 3.84. The van der Waals surface area contributed by atoms with Gasteiger partial charge in [0, 0.05) is 37.2 Å². The van der Waals surface area contributed by atoms with Crippen molar-refractivity contribution in [3.8, 4) is 0 Å². The zero-order valence-corrected chi connectivity index (χ0v) is 21.7. The van der Waals surface area contributed by atoms with Crippen molar-refractivity contribution < 1.29 is 62.1 Å². The number of carbonyl (C=O) groups is 5. The summed E-state index contributed by atoms with van der Waals surface area (Å²) in [6.07, 6.45) is 0. The monoisotopic (exact) mass is 581 g/mol. The van der Waals surface area contributed by atoms with E-state index in [2.05, 4.69) is 29.4 Å². The van der Waals surface area contributed by atoms with E-state index in [0.29, 0.717) is 5.75 Å². The molecule has 1 atom stereocenters. The van der Waals surface area contributed by atoms with E-state index < -0.39 is 73.6 Å². The quantitative estimate of drug-likeness (QED) is 0.0671. The van der Waals surface area contributed by atoms with Gasteiger partial charge in [0.25, 0.3) is 11.0 Å². The number of hydrogen-bond donors (Lipinski definition) is 8. The van der Waals surface area contributed by atoms with E-state index >= 15 is 0 Å². The van der Waals surface area contributed by atoms with Gasteiger partial charge in [-0.2, -0.15) is 25.3 Å². The van der Waals surface area contributed by atoms with Crippen molar-refractivity contribution in [2.24, 2.45) is 0 Å². The minimum absolute atomic E-state index is 0.000836. The summed E-state index contributed by atoms with van der Waals surface area (Å²) in [7, 11) is -2.72. The lowest BCUT2D eigenvalue weighted by molar-refractivity contribution is -0.143. The van der Waals surface area contributed by atoms with Crippen LogP contribution in [-0.2, 0) is 39.1 Å². The minimum atomic E-state index is -2.72. The van der Waals surface area contributed by atoms with Crippen LogP contribution in [0.3, 0.4) is 0 Å². The molecule has 0 saturated carbocycles. The molecule has 210 valence electrons. The fraction of sp³-hybridized carbons (Fsp3) is 0.706. The summed E-state index contributed by atoms with van der Waals surface area (Å²) in [4.78, 5) is 57.6. The topological polar surface area (TPSA) is 240 Å². The van der Waals surface area contributed by atoms with E-state index in [1.807, 2.05) is 0 Å². The smallest absolute Gasteiger partial charge is 0.317 e. The highest BCUT2D eigenvalue weighted by Gasteiger charge is 2.19. The molecule has 0 radical (unpaired) electrons. The molecule has 0 heterocycles. The highest BCUT2D eigenvalue weighted by molar-refractivity contribution is 7.84. The zero-order chi connectivity index (χ0) is 28.3. The first-order valence-electron chi connectivity index (χ1n) is 9.98. The predicted molar refractivity (Wildman–Crippen MR) is 130 cm³/mol. The fourth-order valence-electron chi connectivity index (χ4n) is 2.42. The molecule has 36 heavy (non-hydrogen) atoms. The summed E-state index contributed by atoms with van der Waals surface area (Å²) < 4.78 is 23.8. The van der Waals surface area contributed by atoms with E-state index in [1.54, 1.807) is 0 Å². The van der Waals surface area contributed by atoms with Crippen molar-refractivity contribution >= 4 is 66.1 Å². The average molecular weight is 582 g/mol. The third-order valence-corrected chi connectivity index (χ3v) is 5.26. The Kier molecular flexibility index (Phi) is 21.0. The SMILES string of the molecule is O=C(O)CN(CCN(CC(=O)O)CC(=O)O)CCN(CC(=O)O)CC(=O)O.O=[SH](=O)OCC(S)CS. The van der Waals surface area contributed by atoms with E-state index in [-0.39, 0.29) is 38.0 Å². The Hall–Kier alpha value is -2.16. The van der Waals surface area contributed by atoms with Crippen LogP contribution in [0, 0.1) is 0 Å². The van der Waals surface area contributed by atoms with E-state index in [1.165, 1.54) is 4.90 Å². The molecule has 0 aromatic rings. The molecule has 0 aliphatic heterocycles. The molecule has 0 saturated heterocycles. The van der Waals surface area contributed by atoms with Crippen molar-refractivity contribution in [2.45, 2.75) is 5.25 Å². The maximum Gasteiger partial charge on any atom is 0.317 e. The molecule has 0 spiro atoms. The summed E-state index contributed by atoms with van der Waals surface area (Å²) in [6.45, 7) is -2.63. The van der Waals surface area contributed by atoms with E-state index in [4.69, 9.17) is 25.5 Å². The van der Waals surface area contributed by atoms with Gasteiger partial charge in [-0.15, -0.1) is 0 Å². The van der Waals surface area contributed by atoms with Crippen LogP contribution in [0.1, 0.15) is 0 Å². The Morgan fingerprint density at radius 3 is 1.17 bits per heavy atom. The summed E-state index contributed by atoms with van der Waals surface area (Å²) >= 11 is 7.80. The molecule has 1 unspecified atom stereocenters. The van der Waals surface area contributed by atoms with Gasteiger partial charge in [0.2, 0.25) is 0 Å². The van der Waals surface area contributed by atoms with Crippen LogP contribution in [0.4, 0.5) is 0 Å². The van der Waals surface area contributed by atoms with Crippen molar-refractivity contribution in [2.75, 3.05) is 71.3 Å². The van der Waals surface area contributed by atoms with Gasteiger partial charge in [-0.25, -0.2) is 8.42 Å². The first-order valence-corrected chi connectivity index (χ1v) is 12.2. The van der Waals surface area contributed by atoms with Crippen molar-refractivity contribution in [3.63, 3.8) is 0 Å². The second-order valence-corrected chi connectivity index (χ2v) is 8.82. The van der Waals surface area contributed by atoms with Crippen LogP contribution in [0.5, 0.6) is 0 Å². The third kappa shape index (κ3) is 24.9. The molecule has 0 fully saturated rings. The van der Waals surface area contributed by atoms with Gasteiger partial charge in [-0.05, 0) is 0 Å². The summed E-state index contributed by atoms with van der Waals surface area (Å²) in [6, 6.07) is 0. The standard InChI is InChI=1S/C14H23N3O10.C3H8O3S3/c18-10(19)5-15(1-3-16(6-11(20)21)7-12(22)23)2-4-17(8-13(24)25)9-14(26)27;4-9(5)6-1-3(8)2-7/h1-9H2,(H,18,19)(H,20,21)(H,22,23)(H,24,25)(H,26,27);3,7-9H,1-2H2. The first kappa shape index (κ1) is 36.0. The van der Waals surface area contributed by atoms with Crippen molar-refractivity contribution in [1.29, 1.82) is 0 Å². The Bertz CT molecular complexity index is 717. The maximum atomic E-state index is 11.0. The normalized spacial score (nSPS) is 11.8.